The van der Waals surface area contributed by atoms with Crippen molar-refractivity contribution in [3.8, 4) is 11.1 Å². The molecule has 26 heavy (non-hydrogen) atoms. The second kappa shape index (κ2) is 5.96. The van der Waals surface area contributed by atoms with Crippen LogP contribution in [0.3, 0.4) is 0 Å². The maximum atomic E-state index is 2.38. The summed E-state index contributed by atoms with van der Waals surface area (Å²) in [5.41, 5.74) is 4.16. The van der Waals surface area contributed by atoms with Gasteiger partial charge in [-0.2, -0.15) is 0 Å². The molecule has 126 valence electrons. The summed E-state index contributed by atoms with van der Waals surface area (Å²) in [5, 5.41) is 5.36. The zero-order valence-electron chi connectivity index (χ0n) is 15.0. The number of hydrogen-bond donors (Lipinski definition) is 0. The molecular weight excluding hydrogens is 332 g/mol. The predicted octanol–water partition coefficient (Wildman–Crippen LogP) is 8.00. The van der Waals surface area contributed by atoms with Gasteiger partial charge in [-0.05, 0) is 45.5 Å². The Hall–Kier alpha value is -2.64. The second-order valence-electron chi connectivity index (χ2n) is 7.22. The smallest absolute Gasteiger partial charge is 0.0433 e. The Labute approximate surface area is 157 Å². The highest BCUT2D eigenvalue weighted by Crippen LogP contribution is 2.42. The van der Waals surface area contributed by atoms with Crippen molar-refractivity contribution in [2.24, 2.45) is 0 Å². The monoisotopic (exact) mass is 352 g/mol. The zero-order valence-corrected chi connectivity index (χ0v) is 15.8. The van der Waals surface area contributed by atoms with Gasteiger partial charge in [-0.25, -0.2) is 0 Å². The number of fused-ring (bicyclic) bond motifs is 4. The number of rotatable bonds is 2. The quantitative estimate of drug-likeness (QED) is 0.302. The highest BCUT2D eigenvalue weighted by atomic mass is 32.1. The summed E-state index contributed by atoms with van der Waals surface area (Å²) < 4.78 is 2.76. The molecule has 5 aromatic rings. The van der Waals surface area contributed by atoms with Crippen molar-refractivity contribution in [3.63, 3.8) is 0 Å². The van der Waals surface area contributed by atoms with Crippen LogP contribution in [0.4, 0.5) is 0 Å². The molecule has 1 heterocycles. The van der Waals surface area contributed by atoms with E-state index in [1.54, 1.807) is 0 Å². The molecule has 0 atom stereocenters. The van der Waals surface area contributed by atoms with Gasteiger partial charge < -0.3 is 0 Å². The van der Waals surface area contributed by atoms with Gasteiger partial charge in [-0.1, -0.05) is 80.6 Å². The molecule has 0 N–H and O–H groups in total. The molecular formula is C25H20S. The fraction of sp³-hybridized carbons (Fsp3) is 0.120. The van der Waals surface area contributed by atoms with E-state index in [4.69, 9.17) is 0 Å². The molecule has 0 aliphatic carbocycles. The third-order valence-electron chi connectivity index (χ3n) is 5.23. The Morgan fingerprint density at radius 1 is 0.654 bits per heavy atom. The van der Waals surface area contributed by atoms with E-state index in [2.05, 4.69) is 92.7 Å². The second-order valence-corrected chi connectivity index (χ2v) is 8.27. The molecule has 0 aliphatic rings. The minimum atomic E-state index is 0.485. The lowest BCUT2D eigenvalue weighted by atomic mass is 9.89. The summed E-state index contributed by atoms with van der Waals surface area (Å²) in [7, 11) is 0. The third kappa shape index (κ3) is 2.35. The van der Waals surface area contributed by atoms with E-state index in [1.165, 1.54) is 47.6 Å². The molecule has 1 heteroatoms. The summed E-state index contributed by atoms with van der Waals surface area (Å²) in [4.78, 5) is 0. The van der Waals surface area contributed by atoms with E-state index >= 15 is 0 Å². The number of thiophene rings is 1. The molecule has 0 saturated heterocycles. The van der Waals surface area contributed by atoms with Gasteiger partial charge in [0.25, 0.3) is 0 Å². The Balaban J connectivity index is 1.89. The fourth-order valence-electron chi connectivity index (χ4n) is 3.93. The minimum Gasteiger partial charge on any atom is -0.135 e. The summed E-state index contributed by atoms with van der Waals surface area (Å²) in [6, 6.07) is 28.9. The van der Waals surface area contributed by atoms with Crippen LogP contribution >= 0.6 is 11.3 Å². The molecule has 4 aromatic carbocycles. The first kappa shape index (κ1) is 15.6. The van der Waals surface area contributed by atoms with E-state index < -0.39 is 0 Å². The standard InChI is InChI=1S/C25H20S/c1-16(2)22-14-17-8-3-4-9-18(17)15-23(22)21-12-7-11-20-19-10-5-6-13-24(19)26-25(20)21/h3-16H,1-2H3. The van der Waals surface area contributed by atoms with Crippen molar-refractivity contribution in [2.45, 2.75) is 19.8 Å². The van der Waals surface area contributed by atoms with Crippen molar-refractivity contribution in [1.82, 2.24) is 0 Å². The van der Waals surface area contributed by atoms with Crippen LogP contribution in [0.25, 0.3) is 42.1 Å². The van der Waals surface area contributed by atoms with Crippen molar-refractivity contribution >= 4 is 42.3 Å². The van der Waals surface area contributed by atoms with Gasteiger partial charge in [0.1, 0.15) is 0 Å². The van der Waals surface area contributed by atoms with Gasteiger partial charge in [0.15, 0.2) is 0 Å². The molecule has 0 radical (unpaired) electrons. The normalized spacial score (nSPS) is 11.8. The van der Waals surface area contributed by atoms with Crippen LogP contribution in [0.2, 0.25) is 0 Å². The molecule has 5 rings (SSSR count). The van der Waals surface area contributed by atoms with Crippen molar-refractivity contribution in [1.29, 1.82) is 0 Å². The van der Waals surface area contributed by atoms with Crippen LogP contribution < -0.4 is 0 Å². The summed E-state index contributed by atoms with van der Waals surface area (Å²) in [6.07, 6.45) is 0. The van der Waals surface area contributed by atoms with Crippen LogP contribution in [0.5, 0.6) is 0 Å². The van der Waals surface area contributed by atoms with Gasteiger partial charge >= 0.3 is 0 Å². The van der Waals surface area contributed by atoms with Gasteiger partial charge in [0.2, 0.25) is 0 Å². The highest BCUT2D eigenvalue weighted by Gasteiger charge is 2.15. The molecule has 0 bridgehead atoms. The van der Waals surface area contributed by atoms with Crippen LogP contribution in [0.1, 0.15) is 25.3 Å². The summed E-state index contributed by atoms with van der Waals surface area (Å²) in [6.45, 7) is 4.58. The van der Waals surface area contributed by atoms with E-state index in [-0.39, 0.29) is 0 Å². The Kier molecular flexibility index (Phi) is 3.58. The van der Waals surface area contributed by atoms with Gasteiger partial charge in [0, 0.05) is 20.2 Å². The summed E-state index contributed by atoms with van der Waals surface area (Å²) in [5.74, 6) is 0.485. The van der Waals surface area contributed by atoms with Gasteiger partial charge in [-0.15, -0.1) is 11.3 Å². The number of hydrogen-bond acceptors (Lipinski definition) is 1. The van der Waals surface area contributed by atoms with E-state index in [0.717, 1.165) is 0 Å². The maximum Gasteiger partial charge on any atom is 0.0433 e. The van der Waals surface area contributed by atoms with Crippen LogP contribution in [-0.2, 0) is 0 Å². The predicted molar refractivity (Wildman–Crippen MR) is 116 cm³/mol. The maximum absolute atomic E-state index is 2.38. The molecule has 0 nitrogen and oxygen atoms in total. The fourth-order valence-corrected chi connectivity index (χ4v) is 5.16. The minimum absolute atomic E-state index is 0.485. The zero-order chi connectivity index (χ0) is 17.7. The van der Waals surface area contributed by atoms with Crippen molar-refractivity contribution < 1.29 is 0 Å². The van der Waals surface area contributed by atoms with E-state index in [0.29, 0.717) is 5.92 Å². The first-order valence-electron chi connectivity index (χ1n) is 9.16. The van der Waals surface area contributed by atoms with E-state index in [1.807, 2.05) is 11.3 Å². The average molecular weight is 353 g/mol. The SMILES string of the molecule is CC(C)c1cc2ccccc2cc1-c1cccc2c1sc1ccccc12. The van der Waals surface area contributed by atoms with E-state index in [9.17, 15) is 0 Å². The largest absolute Gasteiger partial charge is 0.135 e. The Morgan fingerprint density at radius 2 is 1.35 bits per heavy atom. The highest BCUT2D eigenvalue weighted by molar-refractivity contribution is 7.26. The molecule has 0 spiro atoms. The number of benzene rings is 4. The first-order chi connectivity index (χ1) is 12.7. The molecule has 0 aliphatic heterocycles. The van der Waals surface area contributed by atoms with Crippen LogP contribution in [0, 0.1) is 0 Å². The van der Waals surface area contributed by atoms with Crippen molar-refractivity contribution in [3.05, 3.63) is 84.4 Å². The van der Waals surface area contributed by atoms with Gasteiger partial charge in [0.05, 0.1) is 0 Å². The lowest BCUT2D eigenvalue weighted by Gasteiger charge is -2.15. The lowest BCUT2D eigenvalue weighted by Crippen LogP contribution is -1.93. The third-order valence-corrected chi connectivity index (χ3v) is 6.45. The average Bonchev–Trinajstić information content (AvgIpc) is 3.05. The van der Waals surface area contributed by atoms with Crippen molar-refractivity contribution in [2.75, 3.05) is 0 Å². The first-order valence-corrected chi connectivity index (χ1v) is 9.97. The summed E-state index contributed by atoms with van der Waals surface area (Å²) >= 11 is 1.91. The van der Waals surface area contributed by atoms with Gasteiger partial charge in [-0.3, -0.25) is 0 Å². The Bertz CT molecular complexity index is 1260. The van der Waals surface area contributed by atoms with Crippen LogP contribution in [0.15, 0.2) is 78.9 Å². The molecule has 0 saturated carbocycles. The molecule has 0 fully saturated rings. The van der Waals surface area contributed by atoms with Crippen LogP contribution in [-0.4, -0.2) is 0 Å². The topological polar surface area (TPSA) is 0 Å². The molecule has 1 aromatic heterocycles. The molecule has 0 amide bonds. The lowest BCUT2D eigenvalue weighted by molar-refractivity contribution is 0.871. The Morgan fingerprint density at radius 3 is 2.15 bits per heavy atom. The molecule has 0 unspecified atom stereocenters.